The van der Waals surface area contributed by atoms with Gasteiger partial charge in [0.05, 0.1) is 22.3 Å². The van der Waals surface area contributed by atoms with E-state index < -0.39 is 0 Å². The minimum absolute atomic E-state index is 0.187. The van der Waals surface area contributed by atoms with Gasteiger partial charge in [-0.25, -0.2) is 10.8 Å². The highest BCUT2D eigenvalue weighted by Crippen LogP contribution is 2.39. The van der Waals surface area contributed by atoms with Crippen molar-refractivity contribution in [1.82, 2.24) is 9.97 Å². The molecule has 0 radical (unpaired) electrons. The van der Waals surface area contributed by atoms with E-state index in [-0.39, 0.29) is 16.9 Å². The van der Waals surface area contributed by atoms with Crippen LogP contribution in [0.1, 0.15) is 0 Å². The number of nitrogens with two attached hydrogens (primary N) is 1. The molecule has 0 aliphatic rings. The van der Waals surface area contributed by atoms with Gasteiger partial charge >= 0.3 is 0 Å². The van der Waals surface area contributed by atoms with Gasteiger partial charge in [0.15, 0.2) is 0 Å². The summed E-state index contributed by atoms with van der Waals surface area (Å²) in [7, 11) is 1.58. The van der Waals surface area contributed by atoms with E-state index in [0.717, 1.165) is 4.47 Å². The lowest BCUT2D eigenvalue weighted by molar-refractivity contribution is 0.408. The number of hydrazine groups is 1. The van der Waals surface area contributed by atoms with Crippen LogP contribution >= 0.6 is 43.5 Å². The summed E-state index contributed by atoms with van der Waals surface area (Å²) in [4.78, 5) is 7.90. The van der Waals surface area contributed by atoms with Gasteiger partial charge in [0, 0.05) is 0 Å². The number of rotatable bonds is 4. The van der Waals surface area contributed by atoms with Crippen molar-refractivity contribution in [3.05, 3.63) is 32.3 Å². The Hall–Kier alpha value is -1.09. The number of halogens is 3. The molecule has 0 bridgehead atoms. The molecule has 0 atom stereocenters. The fourth-order valence-electron chi connectivity index (χ4n) is 1.34. The molecule has 6 nitrogen and oxygen atoms in total. The molecule has 1 aromatic carbocycles. The Kier molecular flexibility index (Phi) is 5.03. The smallest absolute Gasteiger partial charge is 0.243 e. The lowest BCUT2D eigenvalue weighted by atomic mass is 10.3. The molecule has 0 aliphatic heterocycles. The molecular formula is C11H9Br2ClN4O2. The highest BCUT2D eigenvalue weighted by atomic mass is 79.9. The number of hydrogen-bond donors (Lipinski definition) is 2. The first kappa shape index (κ1) is 15.3. The third-order valence-electron chi connectivity index (χ3n) is 2.25. The molecule has 0 amide bonds. The summed E-state index contributed by atoms with van der Waals surface area (Å²) in [5.74, 6) is 6.82. The number of ether oxygens (including phenoxy) is 2. The molecule has 20 heavy (non-hydrogen) atoms. The minimum Gasteiger partial charge on any atom is -0.496 e. The molecule has 1 aromatic heterocycles. The van der Waals surface area contributed by atoms with Crippen LogP contribution in [-0.2, 0) is 0 Å². The van der Waals surface area contributed by atoms with Gasteiger partial charge in [0.2, 0.25) is 11.8 Å². The van der Waals surface area contributed by atoms with Gasteiger partial charge in [0.25, 0.3) is 0 Å². The van der Waals surface area contributed by atoms with Crippen LogP contribution in [0.3, 0.4) is 0 Å². The summed E-state index contributed by atoms with van der Waals surface area (Å²) in [5.41, 5.74) is 2.32. The molecular weight excluding hydrogens is 415 g/mol. The second kappa shape index (κ2) is 6.57. The SMILES string of the molecule is COc1cc(Br)c(Oc2nc(NN)ncc2Cl)cc1Br. The lowest BCUT2D eigenvalue weighted by Crippen LogP contribution is -2.10. The Balaban J connectivity index is 2.37. The van der Waals surface area contributed by atoms with Crippen molar-refractivity contribution in [2.75, 3.05) is 12.5 Å². The molecule has 0 aliphatic carbocycles. The van der Waals surface area contributed by atoms with Gasteiger partial charge in [-0.15, -0.1) is 0 Å². The van der Waals surface area contributed by atoms with E-state index in [1.807, 2.05) is 0 Å². The van der Waals surface area contributed by atoms with Gasteiger partial charge in [-0.3, -0.25) is 5.43 Å². The number of anilines is 1. The van der Waals surface area contributed by atoms with Gasteiger partial charge in [0.1, 0.15) is 16.5 Å². The first-order valence-electron chi connectivity index (χ1n) is 5.25. The van der Waals surface area contributed by atoms with Crippen LogP contribution in [0.2, 0.25) is 5.02 Å². The number of nitrogens with zero attached hydrogens (tertiary/aromatic N) is 2. The molecule has 2 rings (SSSR count). The molecule has 3 N–H and O–H groups in total. The maximum absolute atomic E-state index is 5.98. The van der Waals surface area contributed by atoms with E-state index in [0.29, 0.717) is 16.0 Å². The Labute approximate surface area is 136 Å². The fraction of sp³-hybridized carbons (Fsp3) is 0.0909. The van der Waals surface area contributed by atoms with E-state index >= 15 is 0 Å². The minimum atomic E-state index is 0.187. The highest BCUT2D eigenvalue weighted by Gasteiger charge is 2.13. The van der Waals surface area contributed by atoms with Gasteiger partial charge in [-0.1, -0.05) is 11.6 Å². The van der Waals surface area contributed by atoms with Crippen molar-refractivity contribution in [1.29, 1.82) is 0 Å². The lowest BCUT2D eigenvalue weighted by Gasteiger charge is -2.11. The van der Waals surface area contributed by atoms with E-state index in [2.05, 4.69) is 47.3 Å². The average molecular weight is 424 g/mol. The average Bonchev–Trinajstić information content (AvgIpc) is 2.44. The Bertz CT molecular complexity index is 642. The van der Waals surface area contributed by atoms with Crippen LogP contribution in [0.25, 0.3) is 0 Å². The number of benzene rings is 1. The van der Waals surface area contributed by atoms with Crippen LogP contribution in [0.4, 0.5) is 5.95 Å². The third-order valence-corrected chi connectivity index (χ3v) is 3.75. The molecule has 1 heterocycles. The molecule has 106 valence electrons. The number of nitrogens with one attached hydrogen (secondary N) is 1. The predicted octanol–water partition coefficient (Wildman–Crippen LogP) is 3.74. The summed E-state index contributed by atoms with van der Waals surface area (Å²) >= 11 is 12.7. The first-order chi connectivity index (χ1) is 9.55. The van der Waals surface area contributed by atoms with Gasteiger partial charge in [-0.2, -0.15) is 4.98 Å². The number of methoxy groups -OCH3 is 1. The molecule has 2 aromatic rings. The van der Waals surface area contributed by atoms with E-state index in [9.17, 15) is 0 Å². The van der Waals surface area contributed by atoms with E-state index in [1.165, 1.54) is 6.20 Å². The maximum atomic E-state index is 5.98. The largest absolute Gasteiger partial charge is 0.496 e. The molecule has 0 saturated carbocycles. The maximum Gasteiger partial charge on any atom is 0.243 e. The van der Waals surface area contributed by atoms with Crippen LogP contribution in [0, 0.1) is 0 Å². The summed E-state index contributed by atoms with van der Waals surface area (Å²) < 4.78 is 12.3. The van der Waals surface area contributed by atoms with E-state index in [1.54, 1.807) is 19.2 Å². The quantitative estimate of drug-likeness (QED) is 0.575. The van der Waals surface area contributed by atoms with Crippen LogP contribution in [0.15, 0.2) is 27.3 Å². The fourth-order valence-corrected chi connectivity index (χ4v) is 2.36. The summed E-state index contributed by atoms with van der Waals surface area (Å²) in [5, 5.41) is 0.267. The van der Waals surface area contributed by atoms with Crippen molar-refractivity contribution in [2.45, 2.75) is 0 Å². The second-order valence-corrected chi connectivity index (χ2v) is 5.63. The zero-order chi connectivity index (χ0) is 14.7. The Morgan fingerprint density at radius 3 is 2.55 bits per heavy atom. The molecule has 0 fully saturated rings. The van der Waals surface area contributed by atoms with E-state index in [4.69, 9.17) is 26.9 Å². The number of nitrogen functional groups attached to an aromatic ring is 1. The van der Waals surface area contributed by atoms with Crippen LogP contribution < -0.4 is 20.7 Å². The highest BCUT2D eigenvalue weighted by molar-refractivity contribution is 9.11. The topological polar surface area (TPSA) is 82.3 Å². The van der Waals surface area contributed by atoms with Crippen molar-refractivity contribution in [2.24, 2.45) is 5.84 Å². The molecule has 0 spiro atoms. The molecule has 9 heteroatoms. The number of hydrogen-bond acceptors (Lipinski definition) is 6. The zero-order valence-corrected chi connectivity index (χ0v) is 14.1. The third kappa shape index (κ3) is 3.32. The summed E-state index contributed by atoms with van der Waals surface area (Å²) in [6.07, 6.45) is 1.39. The zero-order valence-electron chi connectivity index (χ0n) is 10.2. The molecule has 0 unspecified atom stereocenters. The Morgan fingerprint density at radius 2 is 1.90 bits per heavy atom. The monoisotopic (exact) mass is 422 g/mol. The summed E-state index contributed by atoms with van der Waals surface area (Å²) in [6, 6.07) is 3.49. The summed E-state index contributed by atoms with van der Waals surface area (Å²) in [6.45, 7) is 0. The first-order valence-corrected chi connectivity index (χ1v) is 7.21. The van der Waals surface area contributed by atoms with Gasteiger partial charge in [-0.05, 0) is 44.0 Å². The second-order valence-electron chi connectivity index (χ2n) is 3.51. The van der Waals surface area contributed by atoms with Crippen LogP contribution in [0.5, 0.6) is 17.4 Å². The normalized spacial score (nSPS) is 10.2. The molecule has 0 saturated heterocycles. The van der Waals surface area contributed by atoms with Gasteiger partial charge < -0.3 is 9.47 Å². The standard InChI is InChI=1S/C11H9Br2ClN4O2/c1-19-8-2-6(13)9(3-5(8)12)20-10-7(14)4-16-11(17-10)18-15/h2-4H,15H2,1H3,(H,16,17,18). The Morgan fingerprint density at radius 1 is 1.25 bits per heavy atom. The van der Waals surface area contributed by atoms with Crippen molar-refractivity contribution in [3.63, 3.8) is 0 Å². The van der Waals surface area contributed by atoms with Crippen LogP contribution in [-0.4, -0.2) is 17.1 Å². The number of aromatic nitrogens is 2. The van der Waals surface area contributed by atoms with Crippen molar-refractivity contribution >= 4 is 49.4 Å². The van der Waals surface area contributed by atoms with Crippen molar-refractivity contribution in [3.8, 4) is 17.4 Å². The predicted molar refractivity (Wildman–Crippen MR) is 83.3 cm³/mol. The van der Waals surface area contributed by atoms with Crippen molar-refractivity contribution < 1.29 is 9.47 Å².